The van der Waals surface area contributed by atoms with Crippen molar-refractivity contribution in [2.24, 2.45) is 5.92 Å². The predicted octanol–water partition coefficient (Wildman–Crippen LogP) is 3.20. The molecular weight excluding hydrogens is 540 g/mol. The molecule has 0 radical (unpaired) electrons. The second-order valence-corrected chi connectivity index (χ2v) is 10.0. The van der Waals surface area contributed by atoms with E-state index in [0.717, 1.165) is 6.42 Å². The van der Waals surface area contributed by atoms with Crippen LogP contribution in [0.25, 0.3) is 10.9 Å². The number of rotatable bonds is 7. The fourth-order valence-electron chi connectivity index (χ4n) is 5.00. The summed E-state index contributed by atoms with van der Waals surface area (Å²) in [6, 6.07) is 9.85. The fraction of sp³-hybridized carbons (Fsp3) is 0.280. The van der Waals surface area contributed by atoms with E-state index in [1.807, 2.05) is 0 Å². The van der Waals surface area contributed by atoms with Gasteiger partial charge in [0.1, 0.15) is 28.4 Å². The van der Waals surface area contributed by atoms with Crippen molar-refractivity contribution < 1.29 is 14.4 Å². The minimum absolute atomic E-state index is 0.0450. The van der Waals surface area contributed by atoms with E-state index in [-0.39, 0.29) is 35.8 Å². The number of amides is 1. The Bertz CT molecular complexity index is 1560. The minimum atomic E-state index is -0.562. The zero-order valence-corrected chi connectivity index (χ0v) is 21.3. The van der Waals surface area contributed by atoms with Crippen LogP contribution in [0.1, 0.15) is 40.7 Å². The van der Waals surface area contributed by atoms with Gasteiger partial charge in [-0.1, -0.05) is 6.07 Å². The number of hydrogen-bond acceptors (Lipinski definition) is 9. The second kappa shape index (κ2) is 9.11. The highest BCUT2D eigenvalue weighted by atomic mass is 79.9. The Labute approximate surface area is 219 Å². The highest BCUT2D eigenvalue weighted by molar-refractivity contribution is 9.10. The number of ketones is 2. The Hall–Kier alpha value is -4.06. The summed E-state index contributed by atoms with van der Waals surface area (Å²) >= 11 is 3.31. The first-order valence-corrected chi connectivity index (χ1v) is 12.6. The number of likely N-dealkylation sites (tertiary alicyclic amines) is 1. The van der Waals surface area contributed by atoms with Crippen molar-refractivity contribution in [2.45, 2.75) is 38.4 Å². The number of Topliss-reactive ketones (excluding diaryl/α,β-unsaturated/α-hetero) is 2. The summed E-state index contributed by atoms with van der Waals surface area (Å²) in [5.41, 5.74) is 1.12. The van der Waals surface area contributed by atoms with Crippen molar-refractivity contribution in [1.29, 1.82) is 0 Å². The van der Waals surface area contributed by atoms with Gasteiger partial charge in [-0.2, -0.15) is 10.2 Å². The van der Waals surface area contributed by atoms with Crippen molar-refractivity contribution in [1.82, 2.24) is 34.8 Å². The van der Waals surface area contributed by atoms with Crippen molar-refractivity contribution in [3.05, 3.63) is 64.8 Å². The average Bonchev–Trinajstić information content (AvgIpc) is 3.40. The van der Waals surface area contributed by atoms with Crippen LogP contribution in [0.3, 0.4) is 0 Å². The Balaban J connectivity index is 1.28. The highest BCUT2D eigenvalue weighted by Gasteiger charge is 2.56. The molecule has 3 atom stereocenters. The molecule has 186 valence electrons. The molecule has 4 aromatic rings. The van der Waals surface area contributed by atoms with E-state index in [2.05, 4.69) is 46.5 Å². The molecule has 4 aromatic heterocycles. The van der Waals surface area contributed by atoms with Crippen LogP contribution in [0.5, 0.6) is 0 Å². The lowest BCUT2D eigenvalue weighted by Gasteiger charge is -2.26. The van der Waals surface area contributed by atoms with Crippen molar-refractivity contribution in [3.63, 3.8) is 0 Å². The van der Waals surface area contributed by atoms with Gasteiger partial charge in [0, 0.05) is 24.5 Å². The molecule has 2 fully saturated rings. The molecule has 1 aliphatic heterocycles. The molecule has 0 aromatic carbocycles. The summed E-state index contributed by atoms with van der Waals surface area (Å²) in [5.74, 6) is 0.671. The first kappa shape index (κ1) is 23.3. The molecule has 37 heavy (non-hydrogen) atoms. The number of fused-ring (bicyclic) bond motifs is 2. The van der Waals surface area contributed by atoms with E-state index < -0.39 is 6.04 Å². The number of carbonyl (C=O) groups excluding carboxylic acids is 3. The van der Waals surface area contributed by atoms with E-state index in [1.165, 1.54) is 11.6 Å². The SMILES string of the molecule is CC(=O)c1nn(CC(=O)N2[C@@H]3C[C@@H]3C[C@H]2C(=O)c2cccc(Br)n2)c2cnc(Nc3cccnn3)cc12. The standard InChI is InChI=1S/C25H21BrN8O3/c1-13(35)24-15-10-22(30-21-6-3-7-28-31-21)27-11-19(15)33(32-24)12-23(36)34-17-8-14(17)9-18(34)25(37)16-4-2-5-20(26)29-16/h2-7,10-11,14,17-18H,8-9,12H2,1H3,(H,27,30,31)/t14-,17-,18+/m1/s1. The summed E-state index contributed by atoms with van der Waals surface area (Å²) in [4.78, 5) is 49.6. The summed E-state index contributed by atoms with van der Waals surface area (Å²) < 4.78 is 2.06. The smallest absolute Gasteiger partial charge is 0.245 e. The van der Waals surface area contributed by atoms with E-state index >= 15 is 0 Å². The molecule has 11 nitrogen and oxygen atoms in total. The van der Waals surface area contributed by atoms with Gasteiger partial charge >= 0.3 is 0 Å². The van der Waals surface area contributed by atoms with Crippen LogP contribution in [-0.2, 0) is 11.3 Å². The van der Waals surface area contributed by atoms with Gasteiger partial charge in [-0.05, 0) is 65.0 Å². The van der Waals surface area contributed by atoms with Gasteiger partial charge < -0.3 is 10.2 Å². The topological polar surface area (TPSA) is 136 Å². The monoisotopic (exact) mass is 560 g/mol. The largest absolute Gasteiger partial charge is 0.327 e. The zero-order chi connectivity index (χ0) is 25.7. The number of aromatic nitrogens is 6. The molecule has 1 saturated carbocycles. The molecule has 6 rings (SSSR count). The number of anilines is 2. The number of nitrogens with zero attached hydrogens (tertiary/aromatic N) is 7. The van der Waals surface area contributed by atoms with E-state index in [9.17, 15) is 14.4 Å². The Kier molecular flexibility index (Phi) is 5.75. The molecule has 1 saturated heterocycles. The highest BCUT2D eigenvalue weighted by Crippen LogP contribution is 2.48. The Morgan fingerprint density at radius 3 is 2.76 bits per heavy atom. The maximum Gasteiger partial charge on any atom is 0.245 e. The molecule has 0 spiro atoms. The van der Waals surface area contributed by atoms with Gasteiger partial charge in [0.15, 0.2) is 11.6 Å². The van der Waals surface area contributed by atoms with Gasteiger partial charge in [0.05, 0.1) is 17.8 Å². The second-order valence-electron chi connectivity index (χ2n) is 9.21. The summed E-state index contributed by atoms with van der Waals surface area (Å²) in [6.45, 7) is 1.32. The van der Waals surface area contributed by atoms with Crippen LogP contribution >= 0.6 is 15.9 Å². The maximum atomic E-state index is 13.5. The van der Waals surface area contributed by atoms with Gasteiger partial charge in [-0.25, -0.2) is 9.97 Å². The zero-order valence-electron chi connectivity index (χ0n) is 19.7. The van der Waals surface area contributed by atoms with Crippen LogP contribution in [0.4, 0.5) is 11.6 Å². The Morgan fingerprint density at radius 1 is 1.14 bits per heavy atom. The fourth-order valence-corrected chi connectivity index (χ4v) is 5.34. The third-order valence-electron chi connectivity index (χ3n) is 6.75. The number of carbonyl (C=O) groups is 3. The maximum absolute atomic E-state index is 13.5. The van der Waals surface area contributed by atoms with Crippen molar-refractivity contribution in [3.8, 4) is 0 Å². The third kappa shape index (κ3) is 4.37. The first-order chi connectivity index (χ1) is 17.9. The quantitative estimate of drug-likeness (QED) is 0.267. The number of pyridine rings is 2. The first-order valence-electron chi connectivity index (χ1n) is 11.8. The Morgan fingerprint density at radius 2 is 2.00 bits per heavy atom. The van der Waals surface area contributed by atoms with Gasteiger partial charge in [0.2, 0.25) is 11.7 Å². The number of piperidine rings is 1. The van der Waals surface area contributed by atoms with Crippen LogP contribution in [-0.4, -0.2) is 64.4 Å². The molecule has 1 aliphatic carbocycles. The van der Waals surface area contributed by atoms with Gasteiger partial charge in [0.25, 0.3) is 0 Å². The lowest BCUT2D eigenvalue weighted by molar-refractivity contribution is -0.133. The lowest BCUT2D eigenvalue weighted by atomic mass is 10.0. The van der Waals surface area contributed by atoms with Crippen LogP contribution in [0.2, 0.25) is 0 Å². The lowest BCUT2D eigenvalue weighted by Crippen LogP contribution is -2.45. The van der Waals surface area contributed by atoms with Gasteiger partial charge in [-0.15, -0.1) is 5.10 Å². The van der Waals surface area contributed by atoms with Crippen molar-refractivity contribution >= 4 is 55.9 Å². The number of halogens is 1. The summed E-state index contributed by atoms with van der Waals surface area (Å²) in [5, 5.41) is 15.9. The third-order valence-corrected chi connectivity index (χ3v) is 7.19. The molecule has 12 heteroatoms. The molecule has 1 N–H and O–H groups in total. The average molecular weight is 561 g/mol. The molecule has 0 bridgehead atoms. The minimum Gasteiger partial charge on any atom is -0.327 e. The molecule has 2 aliphatic rings. The molecule has 5 heterocycles. The van der Waals surface area contributed by atoms with Crippen LogP contribution in [0.15, 0.2) is 53.4 Å². The van der Waals surface area contributed by atoms with Crippen molar-refractivity contribution in [2.75, 3.05) is 5.32 Å². The van der Waals surface area contributed by atoms with E-state index in [0.29, 0.717) is 45.2 Å². The molecular formula is C25H21BrN8O3. The summed E-state index contributed by atoms with van der Waals surface area (Å²) in [7, 11) is 0. The number of nitrogens with one attached hydrogen (secondary N) is 1. The summed E-state index contributed by atoms with van der Waals surface area (Å²) in [6.07, 6.45) is 4.65. The normalized spacial score (nSPS) is 20.1. The molecule has 1 amide bonds. The van der Waals surface area contributed by atoms with Crippen LogP contribution in [0, 0.1) is 5.92 Å². The van der Waals surface area contributed by atoms with E-state index in [1.54, 1.807) is 53.7 Å². The van der Waals surface area contributed by atoms with Gasteiger partial charge in [-0.3, -0.25) is 19.1 Å². The molecule has 0 unspecified atom stereocenters. The number of hydrogen-bond donors (Lipinski definition) is 1. The predicted molar refractivity (Wildman–Crippen MR) is 136 cm³/mol. The van der Waals surface area contributed by atoms with E-state index in [4.69, 9.17) is 0 Å². The van der Waals surface area contributed by atoms with Crippen LogP contribution < -0.4 is 5.32 Å².